The Bertz CT molecular complexity index is 1170. The van der Waals surface area contributed by atoms with Crippen molar-refractivity contribution >= 4 is 22.9 Å². The molecule has 0 aromatic heterocycles. The Labute approximate surface area is 213 Å². The molecule has 1 heterocycles. The third kappa shape index (κ3) is 5.12. The normalized spacial score (nSPS) is 21.2. The molecule has 5 rings (SSSR count). The number of nitriles is 1. The highest BCUT2D eigenvalue weighted by Crippen LogP contribution is 2.55. The van der Waals surface area contributed by atoms with E-state index in [1.807, 2.05) is 44.2 Å². The van der Waals surface area contributed by atoms with Gasteiger partial charge in [0.25, 0.3) is 0 Å². The predicted octanol–water partition coefficient (Wildman–Crippen LogP) is 6.35. The zero-order valence-electron chi connectivity index (χ0n) is 21.2. The molecular weight excluding hydrogens is 450 g/mol. The number of nitrogens with one attached hydrogen (secondary N) is 2. The Morgan fingerprint density at radius 1 is 1.17 bits per heavy atom. The summed E-state index contributed by atoms with van der Waals surface area (Å²) in [5.41, 5.74) is 5.88. The van der Waals surface area contributed by atoms with Gasteiger partial charge in [-0.1, -0.05) is 18.6 Å². The number of rotatable bonds is 8. The van der Waals surface area contributed by atoms with Gasteiger partial charge in [-0.3, -0.25) is 0 Å². The molecule has 2 amide bonds. The van der Waals surface area contributed by atoms with Gasteiger partial charge in [0.1, 0.15) is 11.8 Å². The maximum atomic E-state index is 12.1. The Morgan fingerprint density at radius 2 is 1.97 bits per heavy atom. The third-order valence-electron chi connectivity index (χ3n) is 7.63. The largest absolute Gasteiger partial charge is 0.494 e. The summed E-state index contributed by atoms with van der Waals surface area (Å²) in [6.07, 6.45) is 5.71. The first-order chi connectivity index (χ1) is 17.5. The lowest BCUT2D eigenvalue weighted by Crippen LogP contribution is -2.34. The lowest BCUT2D eigenvalue weighted by Gasteiger charge is -2.34. The highest BCUT2D eigenvalue weighted by atomic mass is 16.5. The van der Waals surface area contributed by atoms with E-state index in [-0.39, 0.29) is 18.0 Å². The first kappa shape index (κ1) is 24.4. The standard InChI is InChI=1S/C30H35N3O3/c1-19(2)32-30(34)33-23-8-6-22(7-9-23)29-27(17-31)25-11-10-24(36-15-13-20-12-14-35-18-20)16-26(25)28(29)21-4-3-5-21/h6-11,16,19-21,28H,3-5,12-15,18H2,1-2H3,(H2,32,33,34). The first-order valence-electron chi connectivity index (χ1n) is 13.2. The van der Waals surface area contributed by atoms with Crippen LogP contribution in [0, 0.1) is 23.2 Å². The Morgan fingerprint density at radius 3 is 2.61 bits per heavy atom. The summed E-state index contributed by atoms with van der Waals surface area (Å²) in [4.78, 5) is 12.1. The minimum Gasteiger partial charge on any atom is -0.494 e. The van der Waals surface area contributed by atoms with Crippen LogP contribution < -0.4 is 15.4 Å². The highest BCUT2D eigenvalue weighted by Gasteiger charge is 2.40. The van der Waals surface area contributed by atoms with Gasteiger partial charge in [0.2, 0.25) is 0 Å². The molecule has 2 fully saturated rings. The molecule has 0 spiro atoms. The fourth-order valence-electron chi connectivity index (χ4n) is 5.60. The monoisotopic (exact) mass is 485 g/mol. The number of carbonyl (C=O) groups is 1. The van der Waals surface area contributed by atoms with E-state index in [0.717, 1.165) is 59.8 Å². The van der Waals surface area contributed by atoms with E-state index in [9.17, 15) is 10.1 Å². The Kier molecular flexibility index (Phi) is 7.29. The smallest absolute Gasteiger partial charge is 0.319 e. The number of benzene rings is 2. The maximum absolute atomic E-state index is 12.1. The van der Waals surface area contributed by atoms with Gasteiger partial charge in [-0.15, -0.1) is 0 Å². The number of nitrogens with zero attached hydrogens (tertiary/aromatic N) is 1. The molecular formula is C30H35N3O3. The van der Waals surface area contributed by atoms with E-state index in [0.29, 0.717) is 18.4 Å². The number of allylic oxidation sites excluding steroid dienone is 2. The number of hydrogen-bond acceptors (Lipinski definition) is 4. The van der Waals surface area contributed by atoms with Gasteiger partial charge in [-0.05, 0) is 104 Å². The van der Waals surface area contributed by atoms with Crippen molar-refractivity contribution in [3.63, 3.8) is 0 Å². The van der Waals surface area contributed by atoms with Crippen LogP contribution in [0.25, 0.3) is 11.1 Å². The summed E-state index contributed by atoms with van der Waals surface area (Å²) in [6.45, 7) is 6.24. The van der Waals surface area contributed by atoms with E-state index < -0.39 is 0 Å². The zero-order chi connectivity index (χ0) is 25.1. The lowest BCUT2D eigenvalue weighted by atomic mass is 9.70. The second-order valence-electron chi connectivity index (χ2n) is 10.5. The number of urea groups is 1. The molecule has 1 saturated heterocycles. The molecule has 2 unspecified atom stereocenters. The number of hydrogen-bond donors (Lipinski definition) is 2. The Balaban J connectivity index is 1.38. The van der Waals surface area contributed by atoms with Crippen LogP contribution in [-0.4, -0.2) is 31.9 Å². The summed E-state index contributed by atoms with van der Waals surface area (Å²) in [7, 11) is 0. The number of carbonyl (C=O) groups excluding carboxylic acids is 1. The van der Waals surface area contributed by atoms with Gasteiger partial charge >= 0.3 is 6.03 Å². The second kappa shape index (κ2) is 10.8. The van der Waals surface area contributed by atoms with Crippen molar-refractivity contribution in [3.05, 3.63) is 59.2 Å². The summed E-state index contributed by atoms with van der Waals surface area (Å²) >= 11 is 0. The number of anilines is 1. The van der Waals surface area contributed by atoms with Crippen molar-refractivity contribution in [1.29, 1.82) is 5.26 Å². The average Bonchev–Trinajstić information content (AvgIpc) is 3.44. The molecule has 2 aromatic carbocycles. The fraction of sp³-hybridized carbons (Fsp3) is 0.467. The van der Waals surface area contributed by atoms with Crippen molar-refractivity contribution in [2.24, 2.45) is 11.8 Å². The van der Waals surface area contributed by atoms with Crippen LogP contribution in [0.3, 0.4) is 0 Å². The first-order valence-corrected chi connectivity index (χ1v) is 13.2. The van der Waals surface area contributed by atoms with Crippen molar-refractivity contribution < 1.29 is 14.3 Å². The third-order valence-corrected chi connectivity index (χ3v) is 7.63. The molecule has 6 heteroatoms. The van der Waals surface area contributed by atoms with Gasteiger partial charge in [0, 0.05) is 30.9 Å². The van der Waals surface area contributed by atoms with Crippen molar-refractivity contribution in [2.45, 2.75) is 57.9 Å². The molecule has 6 nitrogen and oxygen atoms in total. The van der Waals surface area contributed by atoms with Gasteiger partial charge in [-0.25, -0.2) is 4.79 Å². The summed E-state index contributed by atoms with van der Waals surface area (Å²) < 4.78 is 11.6. The summed E-state index contributed by atoms with van der Waals surface area (Å²) in [5, 5.41) is 15.9. The highest BCUT2D eigenvalue weighted by molar-refractivity contribution is 6.05. The van der Waals surface area contributed by atoms with Crippen LogP contribution in [0.5, 0.6) is 5.75 Å². The van der Waals surface area contributed by atoms with E-state index >= 15 is 0 Å². The molecule has 2 aromatic rings. The molecule has 0 bridgehead atoms. The quantitative estimate of drug-likeness (QED) is 0.456. The molecule has 2 N–H and O–H groups in total. The number of ether oxygens (including phenoxy) is 2. The van der Waals surface area contributed by atoms with Crippen LogP contribution in [0.4, 0.5) is 10.5 Å². The van der Waals surface area contributed by atoms with Crippen LogP contribution >= 0.6 is 0 Å². The molecule has 2 atom stereocenters. The van der Waals surface area contributed by atoms with Gasteiger partial charge < -0.3 is 20.1 Å². The van der Waals surface area contributed by atoms with Gasteiger partial charge in [-0.2, -0.15) is 5.26 Å². The topological polar surface area (TPSA) is 83.4 Å². The number of amides is 2. The van der Waals surface area contributed by atoms with Crippen LogP contribution in [-0.2, 0) is 4.74 Å². The minimum atomic E-state index is -0.219. The Hall–Kier alpha value is -3.30. The molecule has 3 aliphatic rings. The molecule has 0 radical (unpaired) electrons. The van der Waals surface area contributed by atoms with Crippen LogP contribution in [0.2, 0.25) is 0 Å². The SMILES string of the molecule is CC(C)NC(=O)Nc1ccc(C2=C(C#N)c3ccc(OCCC4CCOC4)cc3C2C2CCC2)cc1. The van der Waals surface area contributed by atoms with E-state index in [4.69, 9.17) is 9.47 Å². The molecule has 188 valence electrons. The van der Waals surface area contributed by atoms with E-state index in [1.165, 1.54) is 24.8 Å². The minimum absolute atomic E-state index is 0.0680. The summed E-state index contributed by atoms with van der Waals surface area (Å²) in [6, 6.07) is 16.5. The number of fused-ring (bicyclic) bond motifs is 1. The van der Waals surface area contributed by atoms with Crippen molar-refractivity contribution in [2.75, 3.05) is 25.1 Å². The zero-order valence-corrected chi connectivity index (χ0v) is 21.2. The van der Waals surface area contributed by atoms with Crippen LogP contribution in [0.15, 0.2) is 42.5 Å². The molecule has 1 saturated carbocycles. The fourth-order valence-corrected chi connectivity index (χ4v) is 5.60. The van der Waals surface area contributed by atoms with E-state index in [2.05, 4.69) is 28.8 Å². The maximum Gasteiger partial charge on any atom is 0.319 e. The van der Waals surface area contributed by atoms with E-state index in [1.54, 1.807) is 0 Å². The average molecular weight is 486 g/mol. The lowest BCUT2D eigenvalue weighted by molar-refractivity contribution is 0.178. The van der Waals surface area contributed by atoms with Gasteiger partial charge in [0.05, 0.1) is 12.2 Å². The van der Waals surface area contributed by atoms with Crippen molar-refractivity contribution in [3.8, 4) is 11.8 Å². The van der Waals surface area contributed by atoms with Crippen LogP contribution in [0.1, 0.15) is 68.6 Å². The molecule has 1 aliphatic heterocycles. The second-order valence-corrected chi connectivity index (χ2v) is 10.5. The van der Waals surface area contributed by atoms with Gasteiger partial charge in [0.15, 0.2) is 0 Å². The predicted molar refractivity (Wildman–Crippen MR) is 142 cm³/mol. The van der Waals surface area contributed by atoms with Crippen molar-refractivity contribution in [1.82, 2.24) is 5.32 Å². The molecule has 2 aliphatic carbocycles. The molecule has 36 heavy (non-hydrogen) atoms. The summed E-state index contributed by atoms with van der Waals surface area (Å²) in [5.74, 6) is 2.20.